The number of amides is 1. The van der Waals surface area contributed by atoms with Gasteiger partial charge in [0.15, 0.2) is 0 Å². The molecule has 0 spiro atoms. The average Bonchev–Trinajstić information content (AvgIpc) is 3.12. The van der Waals surface area contributed by atoms with Gasteiger partial charge < -0.3 is 9.42 Å². The highest BCUT2D eigenvalue weighted by Crippen LogP contribution is 2.27. The van der Waals surface area contributed by atoms with E-state index in [4.69, 9.17) is 4.52 Å². The molecule has 1 aromatic heterocycles. The zero-order valence-electron chi connectivity index (χ0n) is 16.2. The number of carbonyl (C=O) groups is 1. The van der Waals surface area contributed by atoms with Crippen molar-refractivity contribution in [3.63, 3.8) is 0 Å². The number of hydrogen-bond acceptors (Lipinski definition) is 4. The number of piperidine rings is 1. The minimum Gasteiger partial charge on any atom is -0.361 e. The van der Waals surface area contributed by atoms with Crippen molar-refractivity contribution in [2.24, 2.45) is 0 Å². The van der Waals surface area contributed by atoms with Gasteiger partial charge in [-0.05, 0) is 50.1 Å². The summed E-state index contributed by atoms with van der Waals surface area (Å²) in [5.41, 5.74) is 3.57. The molecule has 1 aliphatic heterocycles. The van der Waals surface area contributed by atoms with Crippen LogP contribution in [0.2, 0.25) is 0 Å². The predicted molar refractivity (Wildman–Crippen MR) is 104 cm³/mol. The summed E-state index contributed by atoms with van der Waals surface area (Å²) >= 11 is 0. The maximum absolute atomic E-state index is 12.8. The van der Waals surface area contributed by atoms with Gasteiger partial charge in [0.1, 0.15) is 11.5 Å². The van der Waals surface area contributed by atoms with Gasteiger partial charge in [-0.2, -0.15) is 0 Å². The second-order valence-electron chi connectivity index (χ2n) is 7.97. The Morgan fingerprint density at radius 1 is 1.22 bits per heavy atom. The molecule has 2 aliphatic rings. The SMILES string of the molecule is CN(Cc1noc2c1CCCC2)C(=O)CN1CCC[C@H](c2ccccc2)C1. The Hall–Kier alpha value is -2.14. The number of hydrogen-bond donors (Lipinski definition) is 0. The first-order valence-corrected chi connectivity index (χ1v) is 10.2. The van der Waals surface area contributed by atoms with Crippen LogP contribution in [0.15, 0.2) is 34.9 Å². The van der Waals surface area contributed by atoms with Crippen LogP contribution in [0.4, 0.5) is 0 Å². The maximum atomic E-state index is 12.8. The molecule has 2 aromatic rings. The van der Waals surface area contributed by atoms with Gasteiger partial charge in [0.25, 0.3) is 0 Å². The molecule has 0 N–H and O–H groups in total. The van der Waals surface area contributed by atoms with E-state index in [9.17, 15) is 4.79 Å². The lowest BCUT2D eigenvalue weighted by Gasteiger charge is -2.33. The number of likely N-dealkylation sites (tertiary alicyclic amines) is 1. The first-order valence-electron chi connectivity index (χ1n) is 10.2. The van der Waals surface area contributed by atoms with E-state index in [1.165, 1.54) is 30.4 Å². The third kappa shape index (κ3) is 4.24. The van der Waals surface area contributed by atoms with Crippen molar-refractivity contribution in [1.29, 1.82) is 0 Å². The Morgan fingerprint density at radius 2 is 2.04 bits per heavy atom. The van der Waals surface area contributed by atoms with Gasteiger partial charge in [0.2, 0.25) is 5.91 Å². The maximum Gasteiger partial charge on any atom is 0.236 e. The van der Waals surface area contributed by atoms with Crippen LogP contribution in [0.5, 0.6) is 0 Å². The zero-order chi connectivity index (χ0) is 18.6. The molecule has 1 aliphatic carbocycles. The second-order valence-corrected chi connectivity index (χ2v) is 7.97. The Labute approximate surface area is 161 Å². The van der Waals surface area contributed by atoms with Crippen molar-refractivity contribution >= 4 is 5.91 Å². The molecular weight excluding hydrogens is 338 g/mol. The van der Waals surface area contributed by atoms with Crippen molar-refractivity contribution in [1.82, 2.24) is 15.0 Å². The number of nitrogens with zero attached hydrogens (tertiary/aromatic N) is 3. The topological polar surface area (TPSA) is 49.6 Å². The Kier molecular flexibility index (Phi) is 5.58. The molecule has 27 heavy (non-hydrogen) atoms. The van der Waals surface area contributed by atoms with Gasteiger partial charge in [0, 0.05) is 25.6 Å². The summed E-state index contributed by atoms with van der Waals surface area (Å²) in [5.74, 6) is 1.72. The molecular formula is C22H29N3O2. The zero-order valence-corrected chi connectivity index (χ0v) is 16.2. The van der Waals surface area contributed by atoms with E-state index in [1.54, 1.807) is 4.90 Å². The molecule has 0 saturated carbocycles. The number of fused-ring (bicyclic) bond motifs is 1. The van der Waals surface area contributed by atoms with Gasteiger partial charge >= 0.3 is 0 Å². The normalized spacial score (nSPS) is 20.3. The highest BCUT2D eigenvalue weighted by molar-refractivity contribution is 5.78. The molecule has 0 bridgehead atoms. The lowest BCUT2D eigenvalue weighted by atomic mass is 9.91. The molecule has 1 atom stereocenters. The summed E-state index contributed by atoms with van der Waals surface area (Å²) in [6.07, 6.45) is 6.72. The van der Waals surface area contributed by atoms with Crippen LogP contribution in [0, 0.1) is 0 Å². The van der Waals surface area contributed by atoms with E-state index in [1.807, 2.05) is 7.05 Å². The highest BCUT2D eigenvalue weighted by atomic mass is 16.5. The quantitative estimate of drug-likeness (QED) is 0.813. The monoisotopic (exact) mass is 367 g/mol. The average molecular weight is 367 g/mol. The highest BCUT2D eigenvalue weighted by Gasteiger charge is 2.25. The van der Waals surface area contributed by atoms with Gasteiger partial charge in [-0.3, -0.25) is 9.69 Å². The molecule has 5 nitrogen and oxygen atoms in total. The minimum atomic E-state index is 0.163. The Morgan fingerprint density at radius 3 is 2.89 bits per heavy atom. The smallest absolute Gasteiger partial charge is 0.236 e. The number of carbonyl (C=O) groups excluding carboxylic acids is 1. The minimum absolute atomic E-state index is 0.163. The van der Waals surface area contributed by atoms with Crippen molar-refractivity contribution in [2.45, 2.75) is 51.0 Å². The molecule has 0 unspecified atom stereocenters. The van der Waals surface area contributed by atoms with Crippen molar-refractivity contribution in [3.8, 4) is 0 Å². The number of aryl methyl sites for hydroxylation is 1. The largest absolute Gasteiger partial charge is 0.361 e. The van der Waals surface area contributed by atoms with Crippen LogP contribution in [-0.4, -0.2) is 47.5 Å². The van der Waals surface area contributed by atoms with E-state index < -0.39 is 0 Å². The van der Waals surface area contributed by atoms with E-state index >= 15 is 0 Å². The van der Waals surface area contributed by atoms with E-state index in [0.717, 1.165) is 43.8 Å². The van der Waals surface area contributed by atoms with Gasteiger partial charge in [0.05, 0.1) is 13.1 Å². The molecule has 1 saturated heterocycles. The van der Waals surface area contributed by atoms with Gasteiger partial charge in [-0.15, -0.1) is 0 Å². The van der Waals surface area contributed by atoms with Crippen molar-refractivity contribution in [3.05, 3.63) is 52.9 Å². The van der Waals surface area contributed by atoms with Crippen LogP contribution in [0.1, 0.15) is 54.2 Å². The molecule has 5 heteroatoms. The van der Waals surface area contributed by atoms with Crippen molar-refractivity contribution in [2.75, 3.05) is 26.7 Å². The lowest BCUT2D eigenvalue weighted by Crippen LogP contribution is -2.42. The predicted octanol–water partition coefficient (Wildman–Crippen LogP) is 3.39. The standard InChI is InChI=1S/C22H29N3O2/c1-24(15-20-19-11-5-6-12-21(19)27-23-20)22(26)16-25-13-7-10-18(14-25)17-8-3-2-4-9-17/h2-4,8-9,18H,5-7,10-16H2,1H3/t18-/m0/s1. The van der Waals surface area contributed by atoms with Gasteiger partial charge in [-0.1, -0.05) is 35.5 Å². The van der Waals surface area contributed by atoms with Crippen LogP contribution >= 0.6 is 0 Å². The molecule has 144 valence electrons. The summed E-state index contributed by atoms with van der Waals surface area (Å²) < 4.78 is 5.48. The third-order valence-electron chi connectivity index (χ3n) is 5.98. The fourth-order valence-electron chi connectivity index (χ4n) is 4.39. The second kappa shape index (κ2) is 8.26. The van der Waals surface area contributed by atoms with Gasteiger partial charge in [-0.25, -0.2) is 0 Å². The molecule has 0 radical (unpaired) electrons. The third-order valence-corrected chi connectivity index (χ3v) is 5.98. The molecule has 1 amide bonds. The first kappa shape index (κ1) is 18.2. The lowest BCUT2D eigenvalue weighted by molar-refractivity contribution is -0.132. The fraction of sp³-hybridized carbons (Fsp3) is 0.545. The van der Waals surface area contributed by atoms with Crippen LogP contribution in [-0.2, 0) is 24.2 Å². The van der Waals surface area contributed by atoms with Crippen LogP contribution in [0.25, 0.3) is 0 Å². The number of rotatable bonds is 5. The van der Waals surface area contributed by atoms with Crippen LogP contribution in [0.3, 0.4) is 0 Å². The van der Waals surface area contributed by atoms with Crippen molar-refractivity contribution < 1.29 is 9.32 Å². The number of likely N-dealkylation sites (N-methyl/N-ethyl adjacent to an activating group) is 1. The molecule has 1 aromatic carbocycles. The van der Waals surface area contributed by atoms with Crippen LogP contribution < -0.4 is 0 Å². The van der Waals surface area contributed by atoms with E-state index in [0.29, 0.717) is 19.0 Å². The Balaban J connectivity index is 1.33. The molecule has 2 heterocycles. The number of benzene rings is 1. The summed E-state index contributed by atoms with van der Waals surface area (Å²) in [7, 11) is 1.88. The Bertz CT molecular complexity index is 771. The fourth-order valence-corrected chi connectivity index (χ4v) is 4.39. The number of aromatic nitrogens is 1. The summed E-state index contributed by atoms with van der Waals surface area (Å²) in [6, 6.07) is 10.7. The first-order chi connectivity index (χ1) is 13.2. The summed E-state index contributed by atoms with van der Waals surface area (Å²) in [4.78, 5) is 16.9. The summed E-state index contributed by atoms with van der Waals surface area (Å²) in [6.45, 7) is 3.00. The van der Waals surface area contributed by atoms with E-state index in [-0.39, 0.29) is 5.91 Å². The summed E-state index contributed by atoms with van der Waals surface area (Å²) in [5, 5.41) is 4.24. The molecule has 1 fully saturated rings. The molecule has 4 rings (SSSR count). The van der Waals surface area contributed by atoms with E-state index in [2.05, 4.69) is 40.4 Å².